The number of β-lactam (4-membered cyclic amide) rings is 1. The Morgan fingerprint density at radius 1 is 1.55 bits per heavy atom. The molecule has 1 aromatic heterocycles. The second-order valence-corrected chi connectivity index (χ2v) is 5.62. The van der Waals surface area contributed by atoms with E-state index >= 15 is 0 Å². The number of hydrogen-bond donors (Lipinski definition) is 3. The first-order valence-electron chi connectivity index (χ1n) is 7.08. The first kappa shape index (κ1) is 14.7. The molecule has 0 spiro atoms. The largest absolute Gasteiger partial charge is 0.477 e. The van der Waals surface area contributed by atoms with Crippen LogP contribution < -0.4 is 5.73 Å². The molecular formula is C15H17N3O4. The fraction of sp³-hybridized carbons (Fsp3) is 0.400. The Kier molecular flexibility index (Phi) is 3.46. The molecule has 0 aliphatic carbocycles. The smallest absolute Gasteiger partial charge is 0.352 e. The number of fused-ring (bicyclic) bond motifs is 1. The van der Waals surface area contributed by atoms with Gasteiger partial charge in [-0.15, -0.1) is 0 Å². The Hall–Kier alpha value is -2.25. The number of aliphatic hydroxyl groups is 1. The van der Waals surface area contributed by atoms with Gasteiger partial charge in [-0.2, -0.15) is 0 Å². The molecule has 0 radical (unpaired) electrons. The third kappa shape index (κ3) is 2.01. The maximum absolute atomic E-state index is 12.1. The fourth-order valence-corrected chi connectivity index (χ4v) is 3.25. The molecule has 1 saturated heterocycles. The van der Waals surface area contributed by atoms with E-state index < -0.39 is 18.0 Å². The lowest BCUT2D eigenvalue weighted by molar-refractivity contribution is -0.161. The molecule has 3 atom stereocenters. The molecule has 2 aliphatic heterocycles. The summed E-state index contributed by atoms with van der Waals surface area (Å²) in [5, 5.41) is 19.2. The second kappa shape index (κ2) is 5.19. The monoisotopic (exact) mass is 303 g/mol. The summed E-state index contributed by atoms with van der Waals surface area (Å²) in [7, 11) is 0. The van der Waals surface area contributed by atoms with E-state index in [9.17, 15) is 19.8 Å². The number of amides is 1. The van der Waals surface area contributed by atoms with Crippen LogP contribution in [0, 0.1) is 5.92 Å². The SMILES string of the molecule is C[C@@H](O)[C@H]1C(=O)N2C(C(=O)O)=C(c3ccc(CN)nc3)C[C@H]12. The Labute approximate surface area is 127 Å². The molecule has 1 amide bonds. The first-order valence-corrected chi connectivity index (χ1v) is 7.08. The molecule has 0 bridgehead atoms. The predicted octanol–water partition coefficient (Wildman–Crippen LogP) is -0.0525. The molecule has 4 N–H and O–H groups in total. The summed E-state index contributed by atoms with van der Waals surface area (Å²) in [6.45, 7) is 1.86. The number of hydrogen-bond acceptors (Lipinski definition) is 5. The second-order valence-electron chi connectivity index (χ2n) is 5.62. The average Bonchev–Trinajstić information content (AvgIpc) is 2.82. The van der Waals surface area contributed by atoms with Crippen molar-refractivity contribution in [3.8, 4) is 0 Å². The van der Waals surface area contributed by atoms with Crippen LogP contribution in [0.5, 0.6) is 0 Å². The van der Waals surface area contributed by atoms with Crippen LogP contribution in [0.1, 0.15) is 24.6 Å². The molecule has 1 aromatic rings. The summed E-state index contributed by atoms with van der Waals surface area (Å²) >= 11 is 0. The summed E-state index contributed by atoms with van der Waals surface area (Å²) in [4.78, 5) is 29.1. The number of aromatic nitrogens is 1. The number of aliphatic hydroxyl groups excluding tert-OH is 1. The van der Waals surface area contributed by atoms with Gasteiger partial charge in [0.25, 0.3) is 0 Å². The molecule has 0 unspecified atom stereocenters. The fourth-order valence-electron chi connectivity index (χ4n) is 3.25. The van der Waals surface area contributed by atoms with Gasteiger partial charge in [0.2, 0.25) is 5.91 Å². The van der Waals surface area contributed by atoms with Crippen molar-refractivity contribution in [1.29, 1.82) is 0 Å². The maximum atomic E-state index is 12.1. The van der Waals surface area contributed by atoms with Crippen molar-refractivity contribution in [1.82, 2.24) is 9.88 Å². The minimum Gasteiger partial charge on any atom is -0.477 e. The number of carbonyl (C=O) groups is 2. The van der Waals surface area contributed by atoms with Crippen LogP contribution >= 0.6 is 0 Å². The number of nitrogens with two attached hydrogens (primary N) is 1. The zero-order valence-electron chi connectivity index (χ0n) is 12.1. The van der Waals surface area contributed by atoms with Crippen molar-refractivity contribution in [3.63, 3.8) is 0 Å². The van der Waals surface area contributed by atoms with Crippen molar-refractivity contribution in [2.75, 3.05) is 0 Å². The normalized spacial score (nSPS) is 25.0. The van der Waals surface area contributed by atoms with E-state index in [1.165, 1.54) is 4.90 Å². The lowest BCUT2D eigenvalue weighted by atomic mass is 9.82. The standard InChI is InChI=1S/C15H17N3O4/c1-7(19)12-11-4-10(8-2-3-9(5-16)17-6-8)13(15(21)22)18(11)14(12)20/h2-3,6-7,11-12,19H,4-5,16H2,1H3,(H,21,22)/t7-,11-,12-/m1/s1. The van der Waals surface area contributed by atoms with Crippen LogP contribution in [0.4, 0.5) is 0 Å². The van der Waals surface area contributed by atoms with Crippen LogP contribution in [-0.2, 0) is 16.1 Å². The molecule has 3 heterocycles. The van der Waals surface area contributed by atoms with Gasteiger partial charge in [0.1, 0.15) is 5.70 Å². The van der Waals surface area contributed by atoms with Gasteiger partial charge in [0.05, 0.1) is 23.8 Å². The Morgan fingerprint density at radius 2 is 2.27 bits per heavy atom. The van der Waals surface area contributed by atoms with Gasteiger partial charge in [0, 0.05) is 12.7 Å². The third-order valence-corrected chi connectivity index (χ3v) is 4.31. The Morgan fingerprint density at radius 3 is 2.77 bits per heavy atom. The molecule has 3 rings (SSSR count). The van der Waals surface area contributed by atoms with Crippen molar-refractivity contribution in [3.05, 3.63) is 35.3 Å². The summed E-state index contributed by atoms with van der Waals surface area (Å²) in [6, 6.07) is 3.22. The van der Waals surface area contributed by atoms with Gasteiger partial charge < -0.3 is 20.8 Å². The van der Waals surface area contributed by atoms with E-state index in [0.717, 1.165) is 0 Å². The molecule has 0 saturated carbocycles. The van der Waals surface area contributed by atoms with Crippen LogP contribution in [0.15, 0.2) is 24.0 Å². The first-order chi connectivity index (χ1) is 10.5. The van der Waals surface area contributed by atoms with Gasteiger partial charge in [-0.25, -0.2) is 4.79 Å². The molecular weight excluding hydrogens is 286 g/mol. The predicted molar refractivity (Wildman–Crippen MR) is 77.1 cm³/mol. The van der Waals surface area contributed by atoms with Crippen LogP contribution in [-0.4, -0.2) is 44.1 Å². The van der Waals surface area contributed by atoms with Crippen LogP contribution in [0.3, 0.4) is 0 Å². The van der Waals surface area contributed by atoms with E-state index in [1.54, 1.807) is 25.3 Å². The zero-order valence-corrected chi connectivity index (χ0v) is 12.1. The van der Waals surface area contributed by atoms with Crippen LogP contribution in [0.25, 0.3) is 5.57 Å². The van der Waals surface area contributed by atoms with Gasteiger partial charge in [-0.3, -0.25) is 9.78 Å². The van der Waals surface area contributed by atoms with Gasteiger partial charge in [-0.1, -0.05) is 6.07 Å². The molecule has 22 heavy (non-hydrogen) atoms. The number of carboxylic acids is 1. The summed E-state index contributed by atoms with van der Waals surface area (Å²) in [5.74, 6) is -2.01. The van der Waals surface area contributed by atoms with Crippen LogP contribution in [0.2, 0.25) is 0 Å². The molecule has 116 valence electrons. The highest BCUT2D eigenvalue weighted by Crippen LogP contribution is 2.46. The molecule has 7 nitrogen and oxygen atoms in total. The Balaban J connectivity index is 1.99. The lowest BCUT2D eigenvalue weighted by Crippen LogP contribution is -2.61. The number of carboxylic acid groups (broad SMARTS) is 1. The van der Waals surface area contributed by atoms with Crippen molar-refractivity contribution < 1.29 is 19.8 Å². The van der Waals surface area contributed by atoms with Crippen molar-refractivity contribution >= 4 is 17.4 Å². The molecule has 2 aliphatic rings. The number of rotatable bonds is 4. The summed E-state index contributed by atoms with van der Waals surface area (Å²) < 4.78 is 0. The minimum atomic E-state index is -1.14. The van der Waals surface area contributed by atoms with Gasteiger partial charge in [-0.05, 0) is 30.5 Å². The lowest BCUT2D eigenvalue weighted by Gasteiger charge is -2.44. The summed E-state index contributed by atoms with van der Waals surface area (Å²) in [6.07, 6.45) is 1.20. The van der Waals surface area contributed by atoms with E-state index in [-0.39, 0.29) is 17.6 Å². The summed E-state index contributed by atoms with van der Waals surface area (Å²) in [5.41, 5.74) is 7.45. The number of pyridine rings is 1. The van der Waals surface area contributed by atoms with Crippen molar-refractivity contribution in [2.24, 2.45) is 11.7 Å². The Bertz CT molecular complexity index is 666. The number of nitrogens with zero attached hydrogens (tertiary/aromatic N) is 2. The topological polar surface area (TPSA) is 117 Å². The van der Waals surface area contributed by atoms with Gasteiger partial charge >= 0.3 is 5.97 Å². The number of aliphatic carboxylic acids is 1. The van der Waals surface area contributed by atoms with Gasteiger partial charge in [0.15, 0.2) is 0 Å². The highest BCUT2D eigenvalue weighted by molar-refractivity contribution is 6.06. The zero-order chi connectivity index (χ0) is 16.0. The quantitative estimate of drug-likeness (QED) is 0.671. The van der Waals surface area contributed by atoms with E-state index in [1.807, 2.05) is 0 Å². The van der Waals surface area contributed by atoms with E-state index in [2.05, 4.69) is 4.98 Å². The van der Waals surface area contributed by atoms with E-state index in [0.29, 0.717) is 29.8 Å². The number of carbonyl (C=O) groups excluding carboxylic acids is 1. The van der Waals surface area contributed by atoms with E-state index in [4.69, 9.17) is 5.73 Å². The molecule has 7 heteroatoms. The highest BCUT2D eigenvalue weighted by Gasteiger charge is 2.56. The average molecular weight is 303 g/mol. The molecule has 0 aromatic carbocycles. The minimum absolute atomic E-state index is 0.00537. The maximum Gasteiger partial charge on any atom is 0.352 e. The highest BCUT2D eigenvalue weighted by atomic mass is 16.4. The third-order valence-electron chi connectivity index (χ3n) is 4.31. The van der Waals surface area contributed by atoms with Crippen molar-refractivity contribution in [2.45, 2.75) is 32.0 Å². The molecule has 1 fully saturated rings.